The van der Waals surface area contributed by atoms with E-state index >= 15 is 0 Å². The van der Waals surface area contributed by atoms with Crippen LogP contribution in [0, 0.1) is 0 Å². The molecule has 0 amide bonds. The Morgan fingerprint density at radius 3 is 2.22 bits per heavy atom. The van der Waals surface area contributed by atoms with Gasteiger partial charge >= 0.3 is 0 Å². The highest BCUT2D eigenvalue weighted by atomic mass is 16.3. The quantitative estimate of drug-likeness (QED) is 0.759. The molecule has 1 aromatic carbocycles. The van der Waals surface area contributed by atoms with Gasteiger partial charge in [0.15, 0.2) is 0 Å². The molecule has 0 bridgehead atoms. The second-order valence-electron chi connectivity index (χ2n) is 4.29. The third-order valence-corrected chi connectivity index (χ3v) is 3.21. The average Bonchev–Trinajstić information content (AvgIpc) is 2.91. The summed E-state index contributed by atoms with van der Waals surface area (Å²) in [6.45, 7) is 4.34. The molecule has 1 nitrogen and oxygen atoms in total. The Labute approximate surface area is 108 Å². The number of allylic oxidation sites excluding steroid dienone is 5. The summed E-state index contributed by atoms with van der Waals surface area (Å²) in [5, 5.41) is 9.37. The fourth-order valence-electron chi connectivity index (χ4n) is 2.34. The molecule has 0 heterocycles. The van der Waals surface area contributed by atoms with Crippen molar-refractivity contribution in [3.8, 4) is 5.75 Å². The van der Waals surface area contributed by atoms with Gasteiger partial charge in [0.05, 0.1) is 0 Å². The summed E-state index contributed by atoms with van der Waals surface area (Å²) in [6.07, 6.45) is 8.05. The number of hydrogen-bond donors (Lipinski definition) is 1. The van der Waals surface area contributed by atoms with Crippen LogP contribution in [0.1, 0.15) is 32.3 Å². The lowest BCUT2D eigenvalue weighted by Gasteiger charge is -2.13. The lowest BCUT2D eigenvalue weighted by atomic mass is 9.92. The number of benzene rings is 1. The van der Waals surface area contributed by atoms with Gasteiger partial charge in [0.2, 0.25) is 0 Å². The minimum absolute atomic E-state index is 0.312. The number of phenols is 1. The summed E-state index contributed by atoms with van der Waals surface area (Å²) in [6, 6.07) is 7.44. The molecule has 1 aromatic rings. The van der Waals surface area contributed by atoms with Gasteiger partial charge in [-0.1, -0.05) is 32.1 Å². The Bertz CT molecular complexity index is 550. The van der Waals surface area contributed by atoms with Crippen molar-refractivity contribution in [2.75, 3.05) is 0 Å². The highest BCUT2D eigenvalue weighted by Crippen LogP contribution is 2.30. The Kier molecular flexibility index (Phi) is 3.86. The average molecular weight is 238 g/mol. The van der Waals surface area contributed by atoms with E-state index in [2.05, 4.69) is 25.7 Å². The molecule has 0 aliphatic heterocycles. The topological polar surface area (TPSA) is 20.2 Å². The zero-order valence-corrected chi connectivity index (χ0v) is 10.9. The van der Waals surface area contributed by atoms with E-state index in [-0.39, 0.29) is 0 Å². The second-order valence-corrected chi connectivity index (χ2v) is 4.29. The summed E-state index contributed by atoms with van der Waals surface area (Å²) in [7, 11) is 0. The molecule has 0 unspecified atom stereocenters. The minimum Gasteiger partial charge on any atom is -0.508 e. The van der Waals surface area contributed by atoms with Gasteiger partial charge in [-0.2, -0.15) is 0 Å². The second kappa shape index (κ2) is 5.57. The molecular weight excluding hydrogens is 220 g/mol. The van der Waals surface area contributed by atoms with Gasteiger partial charge in [0.1, 0.15) is 5.75 Å². The molecule has 0 saturated heterocycles. The van der Waals surface area contributed by atoms with Crippen LogP contribution in [-0.2, 0) is 0 Å². The molecular formula is C17H18O. The Balaban J connectivity index is 2.50. The molecule has 1 heteroatoms. The van der Waals surface area contributed by atoms with Crippen LogP contribution in [0.5, 0.6) is 5.75 Å². The summed E-state index contributed by atoms with van der Waals surface area (Å²) < 4.78 is 0. The number of aromatic hydroxyl groups is 1. The molecule has 0 radical (unpaired) electrons. The predicted octanol–water partition coefficient (Wildman–Crippen LogP) is 4.62. The molecule has 0 aromatic heterocycles. The highest BCUT2D eigenvalue weighted by Gasteiger charge is 2.10. The summed E-state index contributed by atoms with van der Waals surface area (Å²) in [5.74, 6) is 0.312. The molecule has 0 saturated carbocycles. The van der Waals surface area contributed by atoms with E-state index in [9.17, 15) is 5.11 Å². The first-order chi connectivity index (χ1) is 8.76. The van der Waals surface area contributed by atoms with Gasteiger partial charge in [0, 0.05) is 5.57 Å². The first-order valence-corrected chi connectivity index (χ1v) is 6.41. The van der Waals surface area contributed by atoms with Crippen molar-refractivity contribution in [3.05, 3.63) is 64.9 Å². The Morgan fingerprint density at radius 1 is 1.06 bits per heavy atom. The van der Waals surface area contributed by atoms with Gasteiger partial charge in [-0.3, -0.25) is 0 Å². The van der Waals surface area contributed by atoms with Crippen molar-refractivity contribution < 1.29 is 5.11 Å². The molecule has 0 atom stereocenters. The van der Waals surface area contributed by atoms with Gasteiger partial charge in [-0.25, -0.2) is 0 Å². The van der Waals surface area contributed by atoms with Crippen LogP contribution in [0.4, 0.5) is 0 Å². The van der Waals surface area contributed by atoms with Crippen LogP contribution >= 0.6 is 0 Å². The van der Waals surface area contributed by atoms with Crippen molar-refractivity contribution in [2.45, 2.75) is 26.7 Å². The van der Waals surface area contributed by atoms with E-state index in [4.69, 9.17) is 0 Å². The molecule has 1 N–H and O–H groups in total. The molecule has 92 valence electrons. The largest absolute Gasteiger partial charge is 0.508 e. The van der Waals surface area contributed by atoms with Gasteiger partial charge in [0.25, 0.3) is 0 Å². The van der Waals surface area contributed by atoms with Gasteiger partial charge < -0.3 is 5.11 Å². The third kappa shape index (κ3) is 2.47. The van der Waals surface area contributed by atoms with Crippen LogP contribution in [0.25, 0.3) is 5.57 Å². The van der Waals surface area contributed by atoms with E-state index in [1.165, 1.54) is 22.3 Å². The first kappa shape index (κ1) is 12.5. The van der Waals surface area contributed by atoms with E-state index in [1.54, 1.807) is 12.1 Å². The molecule has 1 aliphatic carbocycles. The van der Waals surface area contributed by atoms with E-state index in [0.717, 1.165) is 12.8 Å². The Hall–Kier alpha value is -1.98. The monoisotopic (exact) mass is 238 g/mol. The first-order valence-electron chi connectivity index (χ1n) is 6.41. The smallest absolute Gasteiger partial charge is 0.115 e. The molecule has 0 fully saturated rings. The van der Waals surface area contributed by atoms with E-state index in [1.807, 2.05) is 24.3 Å². The lowest BCUT2D eigenvalue weighted by molar-refractivity contribution is 0.475. The zero-order chi connectivity index (χ0) is 13.0. The van der Waals surface area contributed by atoms with Gasteiger partial charge in [-0.15, -0.1) is 5.73 Å². The maximum atomic E-state index is 9.37. The number of rotatable bonds is 4. The van der Waals surface area contributed by atoms with Gasteiger partial charge in [-0.05, 0) is 53.8 Å². The predicted molar refractivity (Wildman–Crippen MR) is 76.3 cm³/mol. The molecule has 1 aliphatic rings. The maximum Gasteiger partial charge on any atom is 0.115 e. The van der Waals surface area contributed by atoms with E-state index in [0.29, 0.717) is 5.75 Å². The summed E-state index contributed by atoms with van der Waals surface area (Å²) in [5.41, 5.74) is 8.32. The minimum atomic E-state index is 0.312. The van der Waals surface area contributed by atoms with Crippen LogP contribution in [-0.4, -0.2) is 5.11 Å². The third-order valence-electron chi connectivity index (χ3n) is 3.21. The maximum absolute atomic E-state index is 9.37. The normalized spacial score (nSPS) is 14.7. The molecule has 0 spiro atoms. The number of hydrogen-bond acceptors (Lipinski definition) is 1. The molecule has 2 rings (SSSR count). The van der Waals surface area contributed by atoms with Crippen LogP contribution < -0.4 is 0 Å². The van der Waals surface area contributed by atoms with Crippen molar-refractivity contribution in [1.29, 1.82) is 0 Å². The Morgan fingerprint density at radius 2 is 1.72 bits per heavy atom. The van der Waals surface area contributed by atoms with Crippen molar-refractivity contribution >= 4 is 5.57 Å². The molecule has 18 heavy (non-hydrogen) atoms. The SMILES string of the molecule is CC/C(C1=C=CC=C1)=C(\CC)c1ccc(O)cc1. The van der Waals surface area contributed by atoms with Crippen LogP contribution in [0.2, 0.25) is 0 Å². The fourth-order valence-corrected chi connectivity index (χ4v) is 2.34. The zero-order valence-electron chi connectivity index (χ0n) is 10.9. The lowest BCUT2D eigenvalue weighted by Crippen LogP contribution is -1.92. The summed E-state index contributed by atoms with van der Waals surface area (Å²) >= 11 is 0. The van der Waals surface area contributed by atoms with Crippen LogP contribution in [0.15, 0.2) is 59.4 Å². The van der Waals surface area contributed by atoms with Crippen LogP contribution in [0.3, 0.4) is 0 Å². The van der Waals surface area contributed by atoms with Crippen molar-refractivity contribution in [2.24, 2.45) is 0 Å². The fraction of sp³-hybridized carbons (Fsp3) is 0.235. The van der Waals surface area contributed by atoms with E-state index < -0.39 is 0 Å². The highest BCUT2D eigenvalue weighted by molar-refractivity contribution is 5.74. The van der Waals surface area contributed by atoms with Crippen molar-refractivity contribution in [3.63, 3.8) is 0 Å². The number of phenolic OH excluding ortho intramolecular Hbond substituents is 1. The van der Waals surface area contributed by atoms with Crippen molar-refractivity contribution in [1.82, 2.24) is 0 Å². The summed E-state index contributed by atoms with van der Waals surface area (Å²) in [4.78, 5) is 0. The standard InChI is InChI=1S/C17H18O/c1-3-16(13-7-5-6-8-13)17(4-2)14-9-11-15(18)12-10-14/h5-7,9-12,18H,3-4H2,1-2H3/b17-16-.